The van der Waals surface area contributed by atoms with Gasteiger partial charge in [0.2, 0.25) is 5.56 Å². The molecular formula is C37H36N6O3. The highest BCUT2D eigenvalue weighted by Gasteiger charge is 2.47. The largest absolute Gasteiger partial charge is 0.494 e. The van der Waals surface area contributed by atoms with Crippen LogP contribution in [-0.2, 0) is 13.6 Å². The molecule has 2 bridgehead atoms. The molecule has 3 aromatic carbocycles. The summed E-state index contributed by atoms with van der Waals surface area (Å²) in [6.07, 6.45) is 4.51. The highest BCUT2D eigenvalue weighted by molar-refractivity contribution is 6.01. The Morgan fingerprint density at radius 2 is 1.76 bits per heavy atom. The quantitative estimate of drug-likeness (QED) is 0.251. The Balaban J connectivity index is 1.15. The van der Waals surface area contributed by atoms with Crippen LogP contribution in [0.2, 0.25) is 0 Å². The second kappa shape index (κ2) is 10.1. The van der Waals surface area contributed by atoms with Gasteiger partial charge in [-0.05, 0) is 90.4 Å². The molecule has 2 aliphatic carbocycles. The molecule has 1 saturated heterocycles. The molecule has 4 heterocycles. The van der Waals surface area contributed by atoms with Gasteiger partial charge in [-0.2, -0.15) is 0 Å². The molecule has 3 aromatic heterocycles. The third-order valence-electron chi connectivity index (χ3n) is 10.6. The number of fused-ring (bicyclic) bond motifs is 5. The van der Waals surface area contributed by atoms with Crippen molar-refractivity contribution in [3.05, 3.63) is 82.6 Å². The highest BCUT2D eigenvalue weighted by Crippen LogP contribution is 2.41. The Bertz CT molecular complexity index is 2270. The number of carbonyl (C=O) groups is 1. The number of H-pyrrole nitrogens is 1. The lowest BCUT2D eigenvalue weighted by atomic mass is 10.0. The smallest absolute Gasteiger partial charge is 0.254 e. The molecule has 9 rings (SSSR count). The number of ether oxygens (including phenoxy) is 1. The molecule has 9 heteroatoms. The maximum Gasteiger partial charge on any atom is 0.254 e. The number of rotatable bonds is 6. The van der Waals surface area contributed by atoms with Gasteiger partial charge < -0.3 is 29.5 Å². The number of aryl methyl sites for hydroxylation is 1. The van der Waals surface area contributed by atoms with Crippen molar-refractivity contribution in [1.82, 2.24) is 24.0 Å². The Hall–Kier alpha value is -4.89. The predicted octanol–water partition coefficient (Wildman–Crippen LogP) is 5.68. The third kappa shape index (κ3) is 4.21. The van der Waals surface area contributed by atoms with Crippen LogP contribution in [0.5, 0.6) is 5.75 Å². The van der Waals surface area contributed by atoms with Gasteiger partial charge in [0.15, 0.2) is 5.82 Å². The first-order valence-electron chi connectivity index (χ1n) is 16.2. The van der Waals surface area contributed by atoms with E-state index in [0.29, 0.717) is 23.1 Å². The van der Waals surface area contributed by atoms with Crippen LogP contribution in [0.15, 0.2) is 71.5 Å². The number of nitrogens with one attached hydrogen (secondary N) is 1. The van der Waals surface area contributed by atoms with E-state index in [9.17, 15) is 9.59 Å². The standard InChI is InChI=1S/C37H36N6O3/c1-41-35-28(14-26(17-32(35)46-2)37(45)43-19-25-9-11-29(43)34(25)38)40-36(41)31-16-24-8-7-23(15-30(24)42(31)18-20-3-4-20)22-6-5-21-10-12-33(44)39-27(21)13-22/h5-8,10,12-17,20,25,29,34H,3-4,9,11,18-19,38H2,1-2H3,(H,39,44)/t25?,29?,34-/m1/s1. The summed E-state index contributed by atoms with van der Waals surface area (Å²) < 4.78 is 10.4. The van der Waals surface area contributed by atoms with Crippen LogP contribution >= 0.6 is 0 Å². The van der Waals surface area contributed by atoms with Crippen molar-refractivity contribution in [3.63, 3.8) is 0 Å². The number of pyridine rings is 1. The molecule has 1 amide bonds. The van der Waals surface area contributed by atoms with Gasteiger partial charge in [-0.25, -0.2) is 4.98 Å². The average molecular weight is 613 g/mol. The second-order valence-electron chi connectivity index (χ2n) is 13.5. The van der Waals surface area contributed by atoms with Gasteiger partial charge in [-0.1, -0.05) is 24.3 Å². The number of imidazole rings is 1. The first-order valence-corrected chi connectivity index (χ1v) is 16.2. The molecule has 2 saturated carbocycles. The van der Waals surface area contributed by atoms with Crippen LogP contribution in [0.1, 0.15) is 36.0 Å². The monoisotopic (exact) mass is 612 g/mol. The Morgan fingerprint density at radius 3 is 2.50 bits per heavy atom. The Morgan fingerprint density at radius 1 is 0.978 bits per heavy atom. The number of nitrogens with zero attached hydrogens (tertiary/aromatic N) is 4. The minimum absolute atomic E-state index is 0.00296. The van der Waals surface area contributed by atoms with Crippen LogP contribution in [0.3, 0.4) is 0 Å². The fraction of sp³-hybridized carbons (Fsp3) is 0.324. The number of piperidine rings is 1. The van der Waals surface area contributed by atoms with Crippen molar-refractivity contribution in [2.45, 2.75) is 44.3 Å². The van der Waals surface area contributed by atoms with Crippen LogP contribution in [0, 0.1) is 11.8 Å². The fourth-order valence-electron chi connectivity index (χ4n) is 7.97. The molecule has 0 spiro atoms. The first kappa shape index (κ1) is 27.4. The van der Waals surface area contributed by atoms with E-state index in [0.717, 1.165) is 81.4 Å². The molecule has 9 nitrogen and oxygen atoms in total. The lowest BCUT2D eigenvalue weighted by Gasteiger charge is -2.27. The lowest BCUT2D eigenvalue weighted by molar-refractivity contribution is 0.0700. The van der Waals surface area contributed by atoms with Crippen molar-refractivity contribution >= 4 is 38.7 Å². The van der Waals surface area contributed by atoms with E-state index < -0.39 is 0 Å². The van der Waals surface area contributed by atoms with Gasteiger partial charge in [-0.3, -0.25) is 9.59 Å². The summed E-state index contributed by atoms with van der Waals surface area (Å²) in [4.78, 5) is 35.8. The molecule has 3 fully saturated rings. The van der Waals surface area contributed by atoms with E-state index >= 15 is 0 Å². The third-order valence-corrected chi connectivity index (χ3v) is 10.6. The van der Waals surface area contributed by atoms with Gasteiger partial charge in [0.05, 0.1) is 18.3 Å². The van der Waals surface area contributed by atoms with Crippen molar-refractivity contribution in [1.29, 1.82) is 0 Å². The summed E-state index contributed by atoms with van der Waals surface area (Å²) in [6, 6.07) is 22.3. The second-order valence-corrected chi connectivity index (χ2v) is 13.5. The van der Waals surface area contributed by atoms with E-state index in [1.165, 1.54) is 12.8 Å². The van der Waals surface area contributed by atoms with Crippen molar-refractivity contribution in [2.75, 3.05) is 13.7 Å². The maximum absolute atomic E-state index is 13.8. The molecule has 2 unspecified atom stereocenters. The number of aromatic amines is 1. The molecule has 1 aliphatic heterocycles. The number of hydrogen-bond donors (Lipinski definition) is 2. The number of benzene rings is 3. The summed E-state index contributed by atoms with van der Waals surface area (Å²) in [5, 5.41) is 2.14. The molecule has 0 radical (unpaired) electrons. The van der Waals surface area contributed by atoms with Crippen molar-refractivity contribution < 1.29 is 9.53 Å². The zero-order valence-corrected chi connectivity index (χ0v) is 26.0. The number of aromatic nitrogens is 4. The SMILES string of the molecule is COc1cc(C(=O)N2CC3CCC2[C@@H]3N)cc2nc(-c3cc4ccc(-c5ccc6ccc(=O)[nH]c6c5)cc4n3CC3CC3)n(C)c12. The van der Waals surface area contributed by atoms with Crippen LogP contribution < -0.4 is 16.0 Å². The Kier molecular flexibility index (Phi) is 5.99. The number of hydrogen-bond acceptors (Lipinski definition) is 5. The van der Waals surface area contributed by atoms with Gasteiger partial charge in [0, 0.05) is 60.3 Å². The van der Waals surface area contributed by atoms with Gasteiger partial charge in [0.1, 0.15) is 11.3 Å². The van der Waals surface area contributed by atoms with E-state index in [1.807, 2.05) is 42.3 Å². The van der Waals surface area contributed by atoms with E-state index in [-0.39, 0.29) is 23.6 Å². The van der Waals surface area contributed by atoms with E-state index in [2.05, 4.69) is 44.5 Å². The minimum atomic E-state index is -0.106. The summed E-state index contributed by atoms with van der Waals surface area (Å²) in [6.45, 7) is 1.63. The lowest BCUT2D eigenvalue weighted by Crippen LogP contribution is -2.41. The van der Waals surface area contributed by atoms with Gasteiger partial charge in [-0.15, -0.1) is 0 Å². The zero-order valence-electron chi connectivity index (χ0n) is 26.0. The minimum Gasteiger partial charge on any atom is -0.494 e. The zero-order chi connectivity index (χ0) is 31.3. The number of amides is 1. The maximum atomic E-state index is 13.8. The van der Waals surface area contributed by atoms with Crippen LogP contribution in [0.4, 0.5) is 0 Å². The fourth-order valence-corrected chi connectivity index (χ4v) is 7.97. The summed E-state index contributed by atoms with van der Waals surface area (Å²) in [5.74, 6) is 2.50. The van der Waals surface area contributed by atoms with Gasteiger partial charge in [0.25, 0.3) is 5.91 Å². The predicted molar refractivity (Wildman–Crippen MR) is 180 cm³/mol. The summed E-state index contributed by atoms with van der Waals surface area (Å²) in [7, 11) is 3.67. The molecule has 3 aliphatic rings. The summed E-state index contributed by atoms with van der Waals surface area (Å²) in [5.41, 5.74) is 13.7. The van der Waals surface area contributed by atoms with Crippen LogP contribution in [0.25, 0.3) is 55.5 Å². The topological polar surface area (TPSA) is 111 Å². The number of methoxy groups -OCH3 is 1. The van der Waals surface area contributed by atoms with Crippen molar-refractivity contribution in [2.24, 2.45) is 24.6 Å². The first-order chi connectivity index (χ1) is 22.4. The number of nitrogens with two attached hydrogens (primary N) is 1. The molecule has 3 N–H and O–H groups in total. The normalized spacial score (nSPS) is 20.8. The molecule has 3 atom stereocenters. The molecule has 6 aromatic rings. The number of likely N-dealkylation sites (tertiary alicyclic amines) is 1. The van der Waals surface area contributed by atoms with E-state index in [4.69, 9.17) is 15.5 Å². The average Bonchev–Trinajstić information content (AvgIpc) is 3.47. The number of carbonyl (C=O) groups excluding carboxylic acids is 1. The van der Waals surface area contributed by atoms with E-state index in [1.54, 1.807) is 13.2 Å². The van der Waals surface area contributed by atoms with Gasteiger partial charge >= 0.3 is 0 Å². The molecule has 46 heavy (non-hydrogen) atoms. The van der Waals surface area contributed by atoms with Crippen molar-refractivity contribution in [3.8, 4) is 28.4 Å². The molecular weight excluding hydrogens is 576 g/mol. The molecule has 232 valence electrons. The Labute approximate surface area is 265 Å². The van der Waals surface area contributed by atoms with Crippen LogP contribution in [-0.4, -0.2) is 55.6 Å². The summed E-state index contributed by atoms with van der Waals surface area (Å²) >= 11 is 0. The highest BCUT2D eigenvalue weighted by atomic mass is 16.5.